The van der Waals surface area contributed by atoms with Gasteiger partial charge in [-0.3, -0.25) is 4.90 Å². The van der Waals surface area contributed by atoms with E-state index in [2.05, 4.69) is 4.90 Å². The van der Waals surface area contributed by atoms with Crippen molar-refractivity contribution in [2.45, 2.75) is 51.4 Å². The minimum Gasteiger partial charge on any atom is -0.496 e. The number of rotatable bonds is 5. The lowest BCUT2D eigenvalue weighted by Crippen LogP contribution is -2.41. The number of ether oxygens (including phenoxy) is 1. The van der Waals surface area contributed by atoms with Gasteiger partial charge < -0.3 is 19.8 Å². The molecular formula is C20H30BFN2O3. The molecular weight excluding hydrogens is 346 g/mol. The second kappa shape index (κ2) is 7.55. The molecule has 148 valence electrons. The fourth-order valence-electron chi connectivity index (χ4n) is 3.50. The molecule has 1 aromatic carbocycles. The SMILES string of the molecule is COc1ccccc1C(CN1CCC(N)C1)=C(F)B1OC(C)(C)C(C)(C)O1. The zero-order chi connectivity index (χ0) is 19.8. The van der Waals surface area contributed by atoms with Gasteiger partial charge in [-0.15, -0.1) is 0 Å². The van der Waals surface area contributed by atoms with Crippen LogP contribution < -0.4 is 10.5 Å². The van der Waals surface area contributed by atoms with Crippen LogP contribution in [0.25, 0.3) is 5.57 Å². The standard InChI is InChI=1S/C20H30BFN2O3/c1-19(2)20(3,4)27-21(26-19)18(22)16(13-24-11-10-14(23)12-24)15-8-6-7-9-17(15)25-5/h6-9,14H,10-13,23H2,1-5H3. The van der Waals surface area contributed by atoms with Crippen molar-refractivity contribution >= 4 is 12.7 Å². The summed E-state index contributed by atoms with van der Waals surface area (Å²) in [6, 6.07) is 7.59. The van der Waals surface area contributed by atoms with Crippen LogP contribution in [0.2, 0.25) is 0 Å². The van der Waals surface area contributed by atoms with E-state index in [9.17, 15) is 0 Å². The van der Waals surface area contributed by atoms with Crippen LogP contribution in [0.3, 0.4) is 0 Å². The predicted octanol–water partition coefficient (Wildman–Crippen LogP) is 3.04. The van der Waals surface area contributed by atoms with Crippen molar-refractivity contribution in [2.75, 3.05) is 26.7 Å². The van der Waals surface area contributed by atoms with E-state index in [1.165, 1.54) is 0 Å². The van der Waals surface area contributed by atoms with Crippen molar-refractivity contribution in [1.29, 1.82) is 0 Å². The molecule has 1 unspecified atom stereocenters. The van der Waals surface area contributed by atoms with Gasteiger partial charge in [0, 0.05) is 36.8 Å². The molecule has 2 saturated heterocycles. The molecule has 5 nitrogen and oxygen atoms in total. The first-order valence-corrected chi connectivity index (χ1v) is 9.50. The molecule has 0 spiro atoms. The second-order valence-electron chi connectivity index (χ2n) is 8.40. The van der Waals surface area contributed by atoms with Crippen LogP contribution in [0, 0.1) is 0 Å². The highest BCUT2D eigenvalue weighted by atomic mass is 19.1. The largest absolute Gasteiger partial charge is 0.525 e. The Morgan fingerprint density at radius 1 is 1.26 bits per heavy atom. The summed E-state index contributed by atoms with van der Waals surface area (Å²) in [6.45, 7) is 9.70. The summed E-state index contributed by atoms with van der Waals surface area (Å²) in [5, 5.41) is 0. The monoisotopic (exact) mass is 376 g/mol. The van der Waals surface area contributed by atoms with Crippen LogP contribution in [-0.2, 0) is 9.31 Å². The van der Waals surface area contributed by atoms with E-state index < -0.39 is 24.0 Å². The van der Waals surface area contributed by atoms with Crippen LogP contribution in [0.4, 0.5) is 4.39 Å². The molecule has 2 N–H and O–H groups in total. The normalized spacial score (nSPS) is 25.6. The molecule has 0 aliphatic carbocycles. The van der Waals surface area contributed by atoms with Crippen LogP contribution in [0.5, 0.6) is 5.75 Å². The third-order valence-electron chi connectivity index (χ3n) is 5.87. The molecule has 0 saturated carbocycles. The van der Waals surface area contributed by atoms with Gasteiger partial charge in [-0.2, -0.15) is 0 Å². The minimum absolute atomic E-state index is 0.129. The fraction of sp³-hybridized carbons (Fsp3) is 0.600. The number of hydrogen-bond donors (Lipinski definition) is 1. The lowest BCUT2D eigenvalue weighted by atomic mass is 9.82. The molecule has 0 amide bonds. The van der Waals surface area contributed by atoms with Crippen molar-refractivity contribution in [3.63, 3.8) is 0 Å². The zero-order valence-electron chi connectivity index (χ0n) is 16.9. The lowest BCUT2D eigenvalue weighted by molar-refractivity contribution is 0.00578. The van der Waals surface area contributed by atoms with Gasteiger partial charge in [-0.05, 0) is 40.2 Å². The molecule has 2 aliphatic heterocycles. The molecule has 0 bridgehead atoms. The van der Waals surface area contributed by atoms with Gasteiger partial charge in [-0.25, -0.2) is 4.39 Å². The topological polar surface area (TPSA) is 57.0 Å². The molecule has 27 heavy (non-hydrogen) atoms. The highest BCUT2D eigenvalue weighted by Gasteiger charge is 2.53. The predicted molar refractivity (Wildman–Crippen MR) is 106 cm³/mol. The maximum atomic E-state index is 15.7. The van der Waals surface area contributed by atoms with Crippen molar-refractivity contribution in [2.24, 2.45) is 5.73 Å². The van der Waals surface area contributed by atoms with E-state index in [4.69, 9.17) is 19.8 Å². The highest BCUT2D eigenvalue weighted by Crippen LogP contribution is 2.41. The quantitative estimate of drug-likeness (QED) is 0.801. The van der Waals surface area contributed by atoms with Crippen molar-refractivity contribution in [3.8, 4) is 5.75 Å². The first-order valence-electron chi connectivity index (χ1n) is 9.50. The Labute approximate surface area is 161 Å². The summed E-state index contributed by atoms with van der Waals surface area (Å²) >= 11 is 0. The van der Waals surface area contributed by atoms with Gasteiger partial charge >= 0.3 is 7.12 Å². The Morgan fingerprint density at radius 3 is 2.44 bits per heavy atom. The number of hydrogen-bond acceptors (Lipinski definition) is 5. The Bertz CT molecular complexity index is 707. The van der Waals surface area contributed by atoms with Gasteiger partial charge in [-0.1, -0.05) is 18.2 Å². The number of nitrogens with two attached hydrogens (primary N) is 1. The molecule has 3 rings (SSSR count). The number of para-hydroxylation sites is 1. The smallest absolute Gasteiger partial charge is 0.496 e. The van der Waals surface area contributed by atoms with E-state index in [1.54, 1.807) is 7.11 Å². The molecule has 1 atom stereocenters. The van der Waals surface area contributed by atoms with Gasteiger partial charge in [0.2, 0.25) is 0 Å². The fourth-order valence-corrected chi connectivity index (χ4v) is 3.50. The summed E-state index contributed by atoms with van der Waals surface area (Å²) in [5.74, 6) is 0.627. The lowest BCUT2D eigenvalue weighted by Gasteiger charge is -2.32. The summed E-state index contributed by atoms with van der Waals surface area (Å²) in [6.07, 6.45) is 0.914. The third kappa shape index (κ3) is 4.06. The van der Waals surface area contributed by atoms with E-state index in [-0.39, 0.29) is 6.04 Å². The number of nitrogens with zero attached hydrogens (tertiary/aromatic N) is 1. The summed E-state index contributed by atoms with van der Waals surface area (Å²) in [7, 11) is 0.556. The van der Waals surface area contributed by atoms with E-state index in [0.717, 1.165) is 19.5 Å². The maximum Gasteiger partial charge on any atom is 0.525 e. The van der Waals surface area contributed by atoms with Crippen LogP contribution >= 0.6 is 0 Å². The zero-order valence-corrected chi connectivity index (χ0v) is 16.9. The Kier molecular flexibility index (Phi) is 5.68. The van der Waals surface area contributed by atoms with Crippen molar-refractivity contribution in [3.05, 3.63) is 35.6 Å². The third-order valence-corrected chi connectivity index (χ3v) is 5.87. The first kappa shape index (κ1) is 20.3. The van der Waals surface area contributed by atoms with Crippen LogP contribution in [0.1, 0.15) is 39.7 Å². The molecule has 7 heteroatoms. The maximum absolute atomic E-state index is 15.7. The number of benzene rings is 1. The minimum atomic E-state index is -1.04. The van der Waals surface area contributed by atoms with Crippen molar-refractivity contribution < 1.29 is 18.4 Å². The molecule has 0 aromatic heterocycles. The van der Waals surface area contributed by atoms with E-state index in [0.29, 0.717) is 23.4 Å². The average Bonchev–Trinajstić information content (AvgIpc) is 3.11. The van der Waals surface area contributed by atoms with Crippen LogP contribution in [0.15, 0.2) is 30.0 Å². The van der Waals surface area contributed by atoms with Gasteiger partial charge in [0.25, 0.3) is 0 Å². The summed E-state index contributed by atoms with van der Waals surface area (Å²) in [4.78, 5) is 2.16. The average molecular weight is 376 g/mol. The molecule has 2 aliphatic rings. The number of likely N-dealkylation sites (tertiary alicyclic amines) is 1. The summed E-state index contributed by atoms with van der Waals surface area (Å²) < 4.78 is 33.1. The summed E-state index contributed by atoms with van der Waals surface area (Å²) in [5.41, 5.74) is 5.68. The Morgan fingerprint density at radius 2 is 1.89 bits per heavy atom. The van der Waals surface area contributed by atoms with E-state index in [1.807, 2.05) is 52.0 Å². The molecule has 1 aromatic rings. The molecule has 2 heterocycles. The van der Waals surface area contributed by atoms with Crippen molar-refractivity contribution in [1.82, 2.24) is 4.90 Å². The Balaban J connectivity index is 1.99. The van der Waals surface area contributed by atoms with Gasteiger partial charge in [0.15, 0.2) is 0 Å². The number of halogens is 1. The van der Waals surface area contributed by atoms with E-state index >= 15 is 4.39 Å². The first-order chi connectivity index (χ1) is 12.6. The van der Waals surface area contributed by atoms with Gasteiger partial charge in [0.05, 0.1) is 18.3 Å². The number of methoxy groups -OCH3 is 1. The second-order valence-corrected chi connectivity index (χ2v) is 8.40. The molecule has 2 fully saturated rings. The van der Waals surface area contributed by atoms with Crippen LogP contribution in [-0.4, -0.2) is 56.0 Å². The Hall–Kier alpha value is -1.41. The molecule has 0 radical (unpaired) electrons. The van der Waals surface area contributed by atoms with Gasteiger partial charge in [0.1, 0.15) is 11.5 Å². The highest BCUT2D eigenvalue weighted by molar-refractivity contribution is 6.55.